The summed E-state index contributed by atoms with van der Waals surface area (Å²) in [5, 5.41) is 8.09. The van der Waals surface area contributed by atoms with Crippen LogP contribution in [0.3, 0.4) is 0 Å². The second kappa shape index (κ2) is 6.40. The third-order valence-electron chi connectivity index (χ3n) is 4.35. The minimum absolute atomic E-state index is 0.0188. The first-order valence-corrected chi connectivity index (χ1v) is 8.06. The van der Waals surface area contributed by atoms with Crippen LogP contribution in [0.15, 0.2) is 28.7 Å². The minimum atomic E-state index is -0.209. The summed E-state index contributed by atoms with van der Waals surface area (Å²) in [7, 11) is 0. The van der Waals surface area contributed by atoms with Crippen molar-refractivity contribution >= 4 is 6.03 Å². The van der Waals surface area contributed by atoms with Gasteiger partial charge in [0.1, 0.15) is 6.04 Å². The Balaban J connectivity index is 1.97. The third-order valence-corrected chi connectivity index (χ3v) is 4.35. The lowest BCUT2D eigenvalue weighted by atomic mass is 9.94. The normalized spacial score (nSPS) is 17.0. The fourth-order valence-corrected chi connectivity index (χ4v) is 3.07. The average molecular weight is 314 g/mol. The van der Waals surface area contributed by atoms with Crippen LogP contribution >= 0.6 is 0 Å². The van der Waals surface area contributed by atoms with Crippen LogP contribution in [-0.4, -0.2) is 39.1 Å². The van der Waals surface area contributed by atoms with E-state index in [4.69, 9.17) is 4.42 Å². The first kappa shape index (κ1) is 15.5. The highest BCUT2D eigenvalue weighted by atomic mass is 16.4. The summed E-state index contributed by atoms with van der Waals surface area (Å²) in [6, 6.07) is 8.02. The molecule has 6 heteroatoms. The van der Waals surface area contributed by atoms with E-state index in [1.807, 2.05) is 35.8 Å². The molecule has 3 rings (SSSR count). The molecule has 1 atom stereocenters. The number of carbonyl (C=O) groups is 1. The van der Waals surface area contributed by atoms with Gasteiger partial charge in [0, 0.05) is 33.0 Å². The van der Waals surface area contributed by atoms with E-state index in [-0.39, 0.29) is 12.1 Å². The van der Waals surface area contributed by atoms with Crippen molar-refractivity contribution in [3.05, 3.63) is 47.2 Å². The number of hydrogen-bond donors (Lipinski definition) is 0. The fourth-order valence-electron chi connectivity index (χ4n) is 3.07. The molecule has 0 saturated carbocycles. The van der Waals surface area contributed by atoms with Crippen molar-refractivity contribution in [2.45, 2.75) is 39.8 Å². The van der Waals surface area contributed by atoms with Crippen LogP contribution in [0, 0.1) is 6.92 Å². The van der Waals surface area contributed by atoms with Crippen LogP contribution in [0.2, 0.25) is 0 Å². The molecular weight excluding hydrogens is 292 g/mol. The predicted molar refractivity (Wildman–Crippen MR) is 85.8 cm³/mol. The number of carbonyl (C=O) groups excluding carboxylic acids is 1. The number of urea groups is 1. The molecule has 0 N–H and O–H groups in total. The first-order valence-electron chi connectivity index (χ1n) is 8.06. The monoisotopic (exact) mass is 314 g/mol. The molecule has 122 valence electrons. The standard InChI is InChI=1S/C17H22N4O2/c1-4-20(5-2)17(22)21-11-14-9-7-6-8-13(14)10-15(21)16-19-18-12(3)23-16/h6-9,15H,4-5,10-11H2,1-3H3. The zero-order valence-electron chi connectivity index (χ0n) is 13.8. The van der Waals surface area contributed by atoms with Gasteiger partial charge < -0.3 is 14.2 Å². The summed E-state index contributed by atoms with van der Waals surface area (Å²) in [4.78, 5) is 16.6. The molecule has 2 heterocycles. The Morgan fingerprint density at radius 3 is 2.57 bits per heavy atom. The second-order valence-corrected chi connectivity index (χ2v) is 5.73. The molecule has 0 saturated heterocycles. The first-order chi connectivity index (χ1) is 11.1. The second-order valence-electron chi connectivity index (χ2n) is 5.73. The van der Waals surface area contributed by atoms with Crippen LogP contribution in [0.25, 0.3) is 0 Å². The largest absolute Gasteiger partial charge is 0.423 e. The highest BCUT2D eigenvalue weighted by Crippen LogP contribution is 2.33. The molecule has 0 aliphatic carbocycles. The topological polar surface area (TPSA) is 62.5 Å². The summed E-state index contributed by atoms with van der Waals surface area (Å²) >= 11 is 0. The Kier molecular flexibility index (Phi) is 4.32. The number of fused-ring (bicyclic) bond motifs is 1. The fraction of sp³-hybridized carbons (Fsp3) is 0.471. The number of amides is 2. The van der Waals surface area contributed by atoms with Crippen molar-refractivity contribution in [2.24, 2.45) is 0 Å². The number of benzene rings is 1. The van der Waals surface area contributed by atoms with Crippen molar-refractivity contribution in [1.82, 2.24) is 20.0 Å². The van der Waals surface area contributed by atoms with Crippen molar-refractivity contribution in [1.29, 1.82) is 0 Å². The smallest absolute Gasteiger partial charge is 0.320 e. The van der Waals surface area contributed by atoms with Crippen molar-refractivity contribution < 1.29 is 9.21 Å². The Morgan fingerprint density at radius 1 is 1.26 bits per heavy atom. The van der Waals surface area contributed by atoms with Crippen molar-refractivity contribution in [2.75, 3.05) is 13.1 Å². The van der Waals surface area contributed by atoms with Gasteiger partial charge in [0.25, 0.3) is 0 Å². The Bertz CT molecular complexity index is 693. The van der Waals surface area contributed by atoms with E-state index in [1.165, 1.54) is 11.1 Å². The van der Waals surface area contributed by atoms with E-state index < -0.39 is 0 Å². The highest BCUT2D eigenvalue weighted by Gasteiger charge is 2.35. The minimum Gasteiger partial charge on any atom is -0.423 e. The Hall–Kier alpha value is -2.37. The predicted octanol–water partition coefficient (Wildman–Crippen LogP) is 2.94. The van der Waals surface area contributed by atoms with Gasteiger partial charge in [-0.2, -0.15) is 0 Å². The van der Waals surface area contributed by atoms with Gasteiger partial charge in [-0.25, -0.2) is 4.79 Å². The molecule has 1 unspecified atom stereocenters. The van der Waals surface area contributed by atoms with Gasteiger partial charge in [0.15, 0.2) is 0 Å². The number of aryl methyl sites for hydroxylation is 1. The maximum atomic E-state index is 12.9. The molecule has 1 aromatic carbocycles. The molecule has 1 aliphatic rings. The maximum Gasteiger partial charge on any atom is 0.320 e. The van der Waals surface area contributed by atoms with Gasteiger partial charge in [-0.3, -0.25) is 0 Å². The van der Waals surface area contributed by atoms with Crippen LogP contribution in [0.1, 0.15) is 42.8 Å². The molecular formula is C17H22N4O2. The SMILES string of the molecule is CCN(CC)C(=O)N1Cc2ccccc2CC1c1nnc(C)o1. The number of aromatic nitrogens is 2. The summed E-state index contributed by atoms with van der Waals surface area (Å²) in [5.74, 6) is 1.03. The van der Waals surface area contributed by atoms with Crippen molar-refractivity contribution in [3.63, 3.8) is 0 Å². The van der Waals surface area contributed by atoms with Gasteiger partial charge in [-0.15, -0.1) is 10.2 Å². The highest BCUT2D eigenvalue weighted by molar-refractivity contribution is 5.75. The van der Waals surface area contributed by atoms with Gasteiger partial charge in [-0.05, 0) is 25.0 Å². The van der Waals surface area contributed by atoms with Crippen LogP contribution < -0.4 is 0 Å². The summed E-state index contributed by atoms with van der Waals surface area (Å²) in [6.45, 7) is 7.68. The van der Waals surface area contributed by atoms with Crippen LogP contribution in [0.4, 0.5) is 4.79 Å². The molecule has 23 heavy (non-hydrogen) atoms. The zero-order valence-corrected chi connectivity index (χ0v) is 13.8. The third kappa shape index (κ3) is 2.93. The van der Waals surface area contributed by atoms with E-state index in [0.717, 1.165) is 0 Å². The van der Waals surface area contributed by atoms with Crippen LogP contribution in [0.5, 0.6) is 0 Å². The van der Waals surface area contributed by atoms with E-state index in [2.05, 4.69) is 22.3 Å². The molecule has 1 aliphatic heterocycles. The molecule has 0 bridgehead atoms. The summed E-state index contributed by atoms with van der Waals surface area (Å²) in [6.07, 6.45) is 0.699. The summed E-state index contributed by atoms with van der Waals surface area (Å²) < 4.78 is 5.63. The van der Waals surface area contributed by atoms with Gasteiger partial charge in [0.05, 0.1) is 0 Å². The lowest BCUT2D eigenvalue weighted by Gasteiger charge is -2.37. The lowest BCUT2D eigenvalue weighted by molar-refractivity contribution is 0.117. The molecule has 0 radical (unpaired) electrons. The van der Waals surface area contributed by atoms with E-state index in [1.54, 1.807) is 6.92 Å². The van der Waals surface area contributed by atoms with Crippen molar-refractivity contribution in [3.8, 4) is 0 Å². The number of hydrogen-bond acceptors (Lipinski definition) is 4. The molecule has 2 aromatic rings. The van der Waals surface area contributed by atoms with Gasteiger partial charge in [0.2, 0.25) is 11.8 Å². The molecule has 0 fully saturated rings. The summed E-state index contributed by atoms with van der Waals surface area (Å²) in [5.41, 5.74) is 2.41. The van der Waals surface area contributed by atoms with Gasteiger partial charge in [-0.1, -0.05) is 24.3 Å². The molecule has 0 spiro atoms. The van der Waals surface area contributed by atoms with E-state index in [0.29, 0.717) is 37.8 Å². The Morgan fingerprint density at radius 2 is 1.96 bits per heavy atom. The Labute approximate surface area is 136 Å². The number of rotatable bonds is 3. The quantitative estimate of drug-likeness (QED) is 0.874. The van der Waals surface area contributed by atoms with Gasteiger partial charge >= 0.3 is 6.03 Å². The maximum absolute atomic E-state index is 12.9. The molecule has 1 aromatic heterocycles. The lowest BCUT2D eigenvalue weighted by Crippen LogP contribution is -2.46. The number of nitrogens with zero attached hydrogens (tertiary/aromatic N) is 4. The zero-order chi connectivity index (χ0) is 16.4. The molecule has 2 amide bonds. The van der Waals surface area contributed by atoms with Crippen LogP contribution in [-0.2, 0) is 13.0 Å². The molecule has 6 nitrogen and oxygen atoms in total. The van der Waals surface area contributed by atoms with E-state index >= 15 is 0 Å². The average Bonchev–Trinajstić information content (AvgIpc) is 3.01. The van der Waals surface area contributed by atoms with E-state index in [9.17, 15) is 4.79 Å².